The van der Waals surface area contributed by atoms with Crippen molar-refractivity contribution in [3.05, 3.63) is 15.6 Å². The molecule has 0 fully saturated rings. The van der Waals surface area contributed by atoms with E-state index in [4.69, 9.17) is 5.11 Å². The summed E-state index contributed by atoms with van der Waals surface area (Å²) in [6.07, 6.45) is 0. The molecule has 1 aromatic rings. The Morgan fingerprint density at radius 2 is 2.17 bits per heavy atom. The molecular weight excluding hydrogens is 174 g/mol. The van der Waals surface area contributed by atoms with Crippen LogP contribution in [0.25, 0.3) is 0 Å². The largest absolute Gasteiger partial charge is 0.476 e. The average Bonchev–Trinajstić information content (AvgIpc) is 2.30. The first-order chi connectivity index (χ1) is 5.52. The third-order valence-electron chi connectivity index (χ3n) is 1.56. The monoisotopic (exact) mass is 185 g/mol. The van der Waals surface area contributed by atoms with Crippen LogP contribution in [0.3, 0.4) is 0 Å². The average molecular weight is 185 g/mol. The Labute approximate surface area is 75.1 Å². The third-order valence-corrected chi connectivity index (χ3v) is 2.54. The Bertz CT molecular complexity index is 304. The first-order valence-corrected chi connectivity index (χ1v) is 4.54. The van der Waals surface area contributed by atoms with E-state index in [2.05, 4.69) is 4.98 Å². The summed E-state index contributed by atoms with van der Waals surface area (Å²) in [7, 11) is 0. The molecule has 0 aromatic carbocycles. The fourth-order valence-corrected chi connectivity index (χ4v) is 1.94. The second-order valence-corrected chi connectivity index (χ2v) is 4.12. The van der Waals surface area contributed by atoms with Crippen molar-refractivity contribution in [2.24, 2.45) is 0 Å². The zero-order chi connectivity index (χ0) is 9.30. The summed E-state index contributed by atoms with van der Waals surface area (Å²) in [4.78, 5) is 15.6. The van der Waals surface area contributed by atoms with Gasteiger partial charge in [0.05, 0.1) is 5.69 Å². The Balaban J connectivity index is 3.09. The van der Waals surface area contributed by atoms with Gasteiger partial charge in [-0.15, -0.1) is 11.3 Å². The minimum atomic E-state index is -0.935. The lowest BCUT2D eigenvalue weighted by Gasteiger charge is -1.99. The van der Waals surface area contributed by atoms with Crippen molar-refractivity contribution in [3.8, 4) is 0 Å². The highest BCUT2D eigenvalue weighted by Gasteiger charge is 2.14. The minimum absolute atomic E-state index is 0.191. The van der Waals surface area contributed by atoms with Crippen molar-refractivity contribution in [2.45, 2.75) is 26.7 Å². The first-order valence-electron chi connectivity index (χ1n) is 3.73. The second kappa shape index (κ2) is 3.23. The predicted octanol–water partition coefficient (Wildman–Crippen LogP) is 2.27. The first kappa shape index (κ1) is 9.19. The van der Waals surface area contributed by atoms with Gasteiger partial charge in [-0.05, 0) is 12.8 Å². The van der Waals surface area contributed by atoms with Crippen LogP contribution in [0.1, 0.15) is 40.1 Å². The molecule has 12 heavy (non-hydrogen) atoms. The molecule has 0 saturated carbocycles. The van der Waals surface area contributed by atoms with Gasteiger partial charge < -0.3 is 5.11 Å². The topological polar surface area (TPSA) is 50.2 Å². The highest BCUT2D eigenvalue weighted by atomic mass is 32.1. The number of carbonyl (C=O) groups is 1. The number of aromatic nitrogens is 1. The molecule has 0 aliphatic heterocycles. The summed E-state index contributed by atoms with van der Waals surface area (Å²) < 4.78 is 0. The van der Waals surface area contributed by atoms with Gasteiger partial charge in [-0.1, -0.05) is 13.8 Å². The molecule has 0 aliphatic rings. The molecule has 3 nitrogen and oxygen atoms in total. The zero-order valence-corrected chi connectivity index (χ0v) is 8.10. The van der Waals surface area contributed by atoms with E-state index in [0.29, 0.717) is 5.92 Å². The third kappa shape index (κ3) is 1.64. The summed E-state index contributed by atoms with van der Waals surface area (Å²) in [5, 5.41) is 8.84. The molecule has 4 heteroatoms. The molecule has 66 valence electrons. The second-order valence-electron chi connectivity index (χ2n) is 2.92. The maximum Gasteiger partial charge on any atom is 0.365 e. The van der Waals surface area contributed by atoms with Crippen LogP contribution >= 0.6 is 11.3 Å². The molecule has 0 radical (unpaired) electrons. The summed E-state index contributed by atoms with van der Waals surface area (Å²) in [5.74, 6) is -0.635. The predicted molar refractivity (Wildman–Crippen MR) is 47.9 cm³/mol. The molecule has 0 bridgehead atoms. The number of carboxylic acid groups (broad SMARTS) is 1. The fourth-order valence-electron chi connectivity index (χ4n) is 1.04. The van der Waals surface area contributed by atoms with Gasteiger partial charge in [-0.3, -0.25) is 0 Å². The normalized spacial score (nSPS) is 10.7. The molecule has 1 rings (SSSR count). The van der Waals surface area contributed by atoms with Gasteiger partial charge in [0.2, 0.25) is 5.01 Å². The SMILES string of the molecule is Cc1sc(C(=O)O)nc1C(C)C. The van der Waals surface area contributed by atoms with Gasteiger partial charge in [0.25, 0.3) is 0 Å². The molecule has 1 N–H and O–H groups in total. The van der Waals surface area contributed by atoms with E-state index >= 15 is 0 Å². The number of aromatic carboxylic acids is 1. The summed E-state index contributed by atoms with van der Waals surface area (Å²) in [5.41, 5.74) is 0.900. The molecule has 0 atom stereocenters. The van der Waals surface area contributed by atoms with Crippen LogP contribution in [-0.4, -0.2) is 16.1 Å². The Kier molecular flexibility index (Phi) is 2.47. The van der Waals surface area contributed by atoms with Crippen molar-refractivity contribution in [2.75, 3.05) is 0 Å². The molecule has 1 aromatic heterocycles. The summed E-state index contributed by atoms with van der Waals surface area (Å²) in [6.45, 7) is 5.92. The van der Waals surface area contributed by atoms with Crippen molar-refractivity contribution >= 4 is 17.3 Å². The number of aryl methyl sites for hydroxylation is 1. The summed E-state index contributed by atoms with van der Waals surface area (Å²) in [6, 6.07) is 0. The Morgan fingerprint density at radius 1 is 1.58 bits per heavy atom. The zero-order valence-electron chi connectivity index (χ0n) is 7.29. The van der Waals surface area contributed by atoms with Crippen LogP contribution in [0, 0.1) is 6.92 Å². The lowest BCUT2D eigenvalue weighted by atomic mass is 10.1. The number of nitrogens with zero attached hydrogens (tertiary/aromatic N) is 1. The number of carboxylic acids is 1. The van der Waals surface area contributed by atoms with Gasteiger partial charge >= 0.3 is 5.97 Å². The number of hydrogen-bond acceptors (Lipinski definition) is 3. The van der Waals surface area contributed by atoms with Crippen LogP contribution in [0.2, 0.25) is 0 Å². The Morgan fingerprint density at radius 3 is 2.42 bits per heavy atom. The number of hydrogen-bond donors (Lipinski definition) is 1. The number of rotatable bonds is 2. The standard InChI is InChI=1S/C8H11NO2S/c1-4(2)6-5(3)12-7(9-6)8(10)11/h4H,1-3H3,(H,10,11). The molecule has 0 saturated heterocycles. The lowest BCUT2D eigenvalue weighted by Crippen LogP contribution is -1.96. The van der Waals surface area contributed by atoms with Crippen LogP contribution in [0.5, 0.6) is 0 Å². The quantitative estimate of drug-likeness (QED) is 0.769. The fraction of sp³-hybridized carbons (Fsp3) is 0.500. The van der Waals surface area contributed by atoms with Crippen LogP contribution in [0.4, 0.5) is 0 Å². The van der Waals surface area contributed by atoms with Gasteiger partial charge in [0.15, 0.2) is 0 Å². The van der Waals surface area contributed by atoms with Gasteiger partial charge in [-0.2, -0.15) is 0 Å². The van der Waals surface area contributed by atoms with Crippen molar-refractivity contribution in [3.63, 3.8) is 0 Å². The van der Waals surface area contributed by atoms with Crippen molar-refractivity contribution in [1.29, 1.82) is 0 Å². The van der Waals surface area contributed by atoms with E-state index in [1.165, 1.54) is 11.3 Å². The summed E-state index contributed by atoms with van der Waals surface area (Å²) >= 11 is 1.24. The highest BCUT2D eigenvalue weighted by molar-refractivity contribution is 7.13. The van der Waals surface area contributed by atoms with Crippen LogP contribution in [-0.2, 0) is 0 Å². The highest BCUT2D eigenvalue weighted by Crippen LogP contribution is 2.23. The number of thiazole rings is 1. The van der Waals surface area contributed by atoms with Gasteiger partial charge in [0.1, 0.15) is 0 Å². The molecule has 0 amide bonds. The Hall–Kier alpha value is -0.900. The molecule has 0 spiro atoms. The van der Waals surface area contributed by atoms with E-state index in [1.54, 1.807) is 0 Å². The lowest BCUT2D eigenvalue weighted by molar-refractivity contribution is 0.0696. The molecule has 0 unspecified atom stereocenters. The van der Waals surface area contributed by atoms with Crippen molar-refractivity contribution < 1.29 is 9.90 Å². The minimum Gasteiger partial charge on any atom is -0.476 e. The molecule has 0 aliphatic carbocycles. The maximum atomic E-state index is 10.5. The van der Waals surface area contributed by atoms with Crippen molar-refractivity contribution in [1.82, 2.24) is 4.98 Å². The maximum absolute atomic E-state index is 10.5. The van der Waals surface area contributed by atoms with E-state index in [1.807, 2.05) is 20.8 Å². The molecular formula is C8H11NO2S. The molecule has 1 heterocycles. The van der Waals surface area contributed by atoms with E-state index in [0.717, 1.165) is 10.6 Å². The van der Waals surface area contributed by atoms with Crippen LogP contribution in [0.15, 0.2) is 0 Å². The van der Waals surface area contributed by atoms with Gasteiger partial charge in [-0.25, -0.2) is 9.78 Å². The smallest absolute Gasteiger partial charge is 0.365 e. The van der Waals surface area contributed by atoms with E-state index in [-0.39, 0.29) is 5.01 Å². The van der Waals surface area contributed by atoms with Crippen LogP contribution < -0.4 is 0 Å². The van der Waals surface area contributed by atoms with E-state index in [9.17, 15) is 4.79 Å². The van der Waals surface area contributed by atoms with Gasteiger partial charge in [0, 0.05) is 4.88 Å². The van der Waals surface area contributed by atoms with E-state index < -0.39 is 5.97 Å².